The molecule has 0 spiro atoms. The number of carbonyl (C=O) groups excluding carboxylic acids is 1. The van der Waals surface area contributed by atoms with Crippen LogP contribution in [-0.2, 0) is 4.79 Å². The van der Waals surface area contributed by atoms with Crippen molar-refractivity contribution in [1.29, 1.82) is 0 Å². The van der Waals surface area contributed by atoms with Crippen LogP contribution in [0, 0.1) is 0 Å². The van der Waals surface area contributed by atoms with E-state index >= 15 is 0 Å². The standard InChI is InChI=1S/C26H25ClN2O/c1-18(19-9-3-2-4-10-19)15-26(30)29-17-22(20-11-5-7-13-24(20)27)23-16-28-25-14-8-6-12-21(23)25/h2-14,16,18,22,28H,15,17H2,1H3,(H,29,30)/t18-,22-/m1/s1. The average molecular weight is 417 g/mol. The monoisotopic (exact) mass is 416 g/mol. The lowest BCUT2D eigenvalue weighted by Crippen LogP contribution is -2.29. The van der Waals surface area contributed by atoms with Crippen LogP contribution in [0.25, 0.3) is 10.9 Å². The molecular weight excluding hydrogens is 392 g/mol. The Balaban J connectivity index is 1.55. The van der Waals surface area contributed by atoms with Gasteiger partial charge >= 0.3 is 0 Å². The highest BCUT2D eigenvalue weighted by Gasteiger charge is 2.21. The minimum atomic E-state index is -0.0363. The van der Waals surface area contributed by atoms with E-state index in [1.807, 2.05) is 60.8 Å². The number of aromatic nitrogens is 1. The zero-order chi connectivity index (χ0) is 20.9. The smallest absolute Gasteiger partial charge is 0.220 e. The van der Waals surface area contributed by atoms with Crippen LogP contribution >= 0.6 is 11.6 Å². The number of fused-ring (bicyclic) bond motifs is 1. The molecule has 1 aromatic heterocycles. The van der Waals surface area contributed by atoms with Gasteiger partial charge in [0.05, 0.1) is 0 Å². The van der Waals surface area contributed by atoms with Crippen LogP contribution in [0.2, 0.25) is 5.02 Å². The third-order valence-corrected chi connectivity index (χ3v) is 5.99. The normalized spacial score (nSPS) is 13.1. The first-order valence-corrected chi connectivity index (χ1v) is 10.6. The van der Waals surface area contributed by atoms with Gasteiger partial charge in [0.1, 0.15) is 0 Å². The first-order chi connectivity index (χ1) is 14.6. The number of amides is 1. The third-order valence-electron chi connectivity index (χ3n) is 5.64. The highest BCUT2D eigenvalue weighted by Crippen LogP contribution is 2.34. The van der Waals surface area contributed by atoms with Crippen molar-refractivity contribution >= 4 is 28.4 Å². The number of nitrogens with one attached hydrogen (secondary N) is 2. The summed E-state index contributed by atoms with van der Waals surface area (Å²) in [5.41, 5.74) is 4.40. The van der Waals surface area contributed by atoms with Gasteiger partial charge in [-0.3, -0.25) is 4.79 Å². The van der Waals surface area contributed by atoms with E-state index in [0.29, 0.717) is 18.0 Å². The van der Waals surface area contributed by atoms with Crippen molar-refractivity contribution in [1.82, 2.24) is 10.3 Å². The predicted octanol–water partition coefficient (Wildman–Crippen LogP) is 6.26. The number of benzene rings is 3. The minimum absolute atomic E-state index is 0.0363. The summed E-state index contributed by atoms with van der Waals surface area (Å²) in [7, 11) is 0. The van der Waals surface area contributed by atoms with Gasteiger partial charge in [0, 0.05) is 41.0 Å². The summed E-state index contributed by atoms with van der Waals surface area (Å²) in [6.45, 7) is 2.58. The molecule has 2 atom stereocenters. The maximum Gasteiger partial charge on any atom is 0.220 e. The summed E-state index contributed by atoms with van der Waals surface area (Å²) in [6, 6.07) is 26.2. The highest BCUT2D eigenvalue weighted by atomic mass is 35.5. The molecule has 0 bridgehead atoms. The fourth-order valence-corrected chi connectivity index (χ4v) is 4.26. The van der Waals surface area contributed by atoms with Gasteiger partial charge in [-0.2, -0.15) is 0 Å². The molecule has 1 amide bonds. The molecule has 1 heterocycles. The summed E-state index contributed by atoms with van der Waals surface area (Å²) in [5.74, 6) is 0.173. The Bertz CT molecular complexity index is 1140. The van der Waals surface area contributed by atoms with Crippen LogP contribution in [0.4, 0.5) is 0 Å². The first-order valence-electron chi connectivity index (χ1n) is 10.3. The Morgan fingerprint density at radius 2 is 1.63 bits per heavy atom. The molecule has 30 heavy (non-hydrogen) atoms. The van der Waals surface area contributed by atoms with Crippen LogP contribution < -0.4 is 5.32 Å². The van der Waals surface area contributed by atoms with Crippen LogP contribution in [0.3, 0.4) is 0 Å². The summed E-state index contributed by atoms with van der Waals surface area (Å²) in [5, 5.41) is 5.01. The summed E-state index contributed by atoms with van der Waals surface area (Å²) in [6.07, 6.45) is 2.48. The highest BCUT2D eigenvalue weighted by molar-refractivity contribution is 6.31. The lowest BCUT2D eigenvalue weighted by Gasteiger charge is -2.20. The average Bonchev–Trinajstić information content (AvgIpc) is 3.20. The van der Waals surface area contributed by atoms with Gasteiger partial charge in [0.15, 0.2) is 0 Å². The number of para-hydroxylation sites is 1. The van der Waals surface area contributed by atoms with Crippen molar-refractivity contribution in [3.8, 4) is 0 Å². The molecule has 0 radical (unpaired) electrons. The topological polar surface area (TPSA) is 44.9 Å². The second kappa shape index (κ2) is 9.19. The largest absolute Gasteiger partial charge is 0.361 e. The van der Waals surface area contributed by atoms with Gasteiger partial charge < -0.3 is 10.3 Å². The maximum atomic E-state index is 12.7. The lowest BCUT2D eigenvalue weighted by atomic mass is 9.90. The number of carbonyl (C=O) groups is 1. The molecule has 0 saturated heterocycles. The van der Waals surface area contributed by atoms with E-state index in [0.717, 1.165) is 22.0 Å². The number of hydrogen-bond acceptors (Lipinski definition) is 1. The van der Waals surface area contributed by atoms with Crippen molar-refractivity contribution in [3.05, 3.63) is 107 Å². The molecule has 4 heteroatoms. The van der Waals surface area contributed by atoms with Crippen molar-refractivity contribution in [2.75, 3.05) is 6.54 Å². The fourth-order valence-electron chi connectivity index (χ4n) is 3.99. The Morgan fingerprint density at radius 1 is 0.933 bits per heavy atom. The second-order valence-corrected chi connectivity index (χ2v) is 8.09. The Labute approximate surface area is 182 Å². The molecule has 4 aromatic rings. The third kappa shape index (κ3) is 4.42. The fraction of sp³-hybridized carbons (Fsp3) is 0.192. The molecule has 4 rings (SSSR count). The second-order valence-electron chi connectivity index (χ2n) is 7.68. The van der Waals surface area contributed by atoms with Gasteiger partial charge in [-0.25, -0.2) is 0 Å². The van der Waals surface area contributed by atoms with Gasteiger partial charge in [0.25, 0.3) is 0 Å². The number of aromatic amines is 1. The molecule has 2 N–H and O–H groups in total. The van der Waals surface area contributed by atoms with E-state index < -0.39 is 0 Å². The number of halogens is 1. The van der Waals surface area contributed by atoms with Crippen molar-refractivity contribution in [2.45, 2.75) is 25.2 Å². The SMILES string of the molecule is C[C@H](CC(=O)NC[C@H](c1ccccc1Cl)c1c[nH]c2ccccc12)c1ccccc1. The molecule has 152 valence electrons. The quantitative estimate of drug-likeness (QED) is 0.366. The van der Waals surface area contributed by atoms with Gasteiger partial charge in [-0.05, 0) is 34.7 Å². The van der Waals surface area contributed by atoms with E-state index in [4.69, 9.17) is 11.6 Å². The van der Waals surface area contributed by atoms with Crippen LogP contribution in [0.5, 0.6) is 0 Å². The van der Waals surface area contributed by atoms with E-state index in [2.05, 4.69) is 41.5 Å². The summed E-state index contributed by atoms with van der Waals surface area (Å²) < 4.78 is 0. The molecule has 0 aliphatic heterocycles. The Hall–Kier alpha value is -3.04. The summed E-state index contributed by atoms with van der Waals surface area (Å²) in [4.78, 5) is 16.1. The van der Waals surface area contributed by atoms with Crippen LogP contribution in [0.1, 0.15) is 41.9 Å². The number of hydrogen-bond donors (Lipinski definition) is 2. The lowest BCUT2D eigenvalue weighted by molar-refractivity contribution is -0.121. The zero-order valence-corrected chi connectivity index (χ0v) is 17.7. The molecule has 3 nitrogen and oxygen atoms in total. The number of rotatable bonds is 7. The van der Waals surface area contributed by atoms with Gasteiger partial charge in [-0.15, -0.1) is 0 Å². The molecule has 0 saturated carbocycles. The van der Waals surface area contributed by atoms with Gasteiger partial charge in [-0.1, -0.05) is 85.3 Å². The molecular formula is C26H25ClN2O. The Kier molecular flexibility index (Phi) is 6.20. The molecule has 0 aliphatic rings. The minimum Gasteiger partial charge on any atom is -0.361 e. The summed E-state index contributed by atoms with van der Waals surface area (Å²) >= 11 is 6.54. The van der Waals surface area contributed by atoms with Crippen LogP contribution in [0.15, 0.2) is 85.1 Å². The van der Waals surface area contributed by atoms with E-state index in [-0.39, 0.29) is 17.7 Å². The molecule has 0 fully saturated rings. The van der Waals surface area contributed by atoms with Crippen molar-refractivity contribution in [3.63, 3.8) is 0 Å². The first kappa shape index (κ1) is 20.2. The molecule has 0 unspecified atom stereocenters. The van der Waals surface area contributed by atoms with E-state index in [1.54, 1.807) is 0 Å². The maximum absolute atomic E-state index is 12.7. The van der Waals surface area contributed by atoms with Crippen molar-refractivity contribution in [2.24, 2.45) is 0 Å². The van der Waals surface area contributed by atoms with E-state index in [9.17, 15) is 4.79 Å². The van der Waals surface area contributed by atoms with Crippen molar-refractivity contribution < 1.29 is 4.79 Å². The van der Waals surface area contributed by atoms with Crippen LogP contribution in [-0.4, -0.2) is 17.4 Å². The molecule has 0 aliphatic carbocycles. The number of H-pyrrole nitrogens is 1. The molecule has 3 aromatic carbocycles. The van der Waals surface area contributed by atoms with Gasteiger partial charge in [0.2, 0.25) is 5.91 Å². The zero-order valence-electron chi connectivity index (χ0n) is 16.9. The Morgan fingerprint density at radius 3 is 2.43 bits per heavy atom. The van der Waals surface area contributed by atoms with E-state index in [1.165, 1.54) is 5.56 Å². The predicted molar refractivity (Wildman–Crippen MR) is 124 cm³/mol.